The molecule has 102 valence electrons. The van der Waals surface area contributed by atoms with E-state index in [4.69, 9.17) is 9.47 Å². The van der Waals surface area contributed by atoms with Gasteiger partial charge in [-0.3, -0.25) is 0 Å². The van der Waals surface area contributed by atoms with Crippen molar-refractivity contribution in [2.45, 2.75) is 6.10 Å². The van der Waals surface area contributed by atoms with Gasteiger partial charge in [0.15, 0.2) is 5.09 Å². The van der Waals surface area contributed by atoms with Gasteiger partial charge < -0.3 is 9.47 Å². The lowest BCUT2D eigenvalue weighted by atomic mass is 10.2. The Bertz CT molecular complexity index is 566. The molecule has 0 bridgehead atoms. The molecule has 2 aromatic carbocycles. The number of ether oxygens (including phenoxy) is 2. The molecule has 0 spiro atoms. The lowest BCUT2D eigenvalue weighted by Crippen LogP contribution is -2.18. The first-order chi connectivity index (χ1) is 9.90. The van der Waals surface area contributed by atoms with E-state index in [1.54, 1.807) is 11.8 Å². The maximum atomic E-state index is 5.89. The molecule has 1 heterocycles. The van der Waals surface area contributed by atoms with Gasteiger partial charge in [-0.2, -0.15) is 0 Å². The van der Waals surface area contributed by atoms with Crippen LogP contribution in [0.1, 0.15) is 5.56 Å². The molecule has 0 radical (unpaired) electrons. The Balaban J connectivity index is 1.54. The first-order valence-electron chi connectivity index (χ1n) is 6.64. The van der Waals surface area contributed by atoms with Crippen LogP contribution in [0.25, 0.3) is 6.08 Å². The second-order valence-corrected chi connectivity index (χ2v) is 5.57. The Morgan fingerprint density at radius 1 is 1.05 bits per heavy atom. The average molecular weight is 284 g/mol. The summed E-state index contributed by atoms with van der Waals surface area (Å²) in [6.07, 6.45) is 2.20. The van der Waals surface area contributed by atoms with E-state index in [-0.39, 0.29) is 6.10 Å². The van der Waals surface area contributed by atoms with Crippen molar-refractivity contribution < 1.29 is 9.47 Å². The molecule has 0 saturated carbocycles. The molecule has 3 heteroatoms. The van der Waals surface area contributed by atoms with Crippen LogP contribution in [0, 0.1) is 0 Å². The zero-order chi connectivity index (χ0) is 13.6. The summed E-state index contributed by atoms with van der Waals surface area (Å²) in [5.74, 6) is 1.83. The van der Waals surface area contributed by atoms with Crippen LogP contribution in [0.5, 0.6) is 5.75 Å². The Morgan fingerprint density at radius 3 is 2.50 bits per heavy atom. The average Bonchev–Trinajstić information content (AvgIpc) is 2.95. The van der Waals surface area contributed by atoms with E-state index in [0.29, 0.717) is 6.61 Å². The molecule has 0 aliphatic carbocycles. The maximum absolute atomic E-state index is 5.89. The molecule has 1 aliphatic heterocycles. The minimum Gasteiger partial charge on any atom is -0.490 e. The number of rotatable bonds is 4. The number of para-hydroxylation sites is 1. The van der Waals surface area contributed by atoms with Gasteiger partial charge in [0.05, 0.1) is 0 Å². The van der Waals surface area contributed by atoms with Gasteiger partial charge >= 0.3 is 0 Å². The highest BCUT2D eigenvalue weighted by Crippen LogP contribution is 2.31. The van der Waals surface area contributed by atoms with Crippen LogP contribution < -0.4 is 4.74 Å². The number of thioether (sulfide) groups is 1. The van der Waals surface area contributed by atoms with Gasteiger partial charge in [-0.1, -0.05) is 60.3 Å². The van der Waals surface area contributed by atoms with Crippen LogP contribution in [-0.2, 0) is 4.74 Å². The molecule has 0 aromatic heterocycles. The Labute approximate surface area is 123 Å². The largest absolute Gasteiger partial charge is 0.490 e. The van der Waals surface area contributed by atoms with E-state index in [2.05, 4.69) is 18.2 Å². The first kappa shape index (κ1) is 13.1. The predicted octanol–water partition coefficient (Wildman–Crippen LogP) is 4.20. The van der Waals surface area contributed by atoms with Crippen LogP contribution in [0.4, 0.5) is 0 Å². The fourth-order valence-corrected chi connectivity index (χ4v) is 2.89. The second-order valence-electron chi connectivity index (χ2n) is 4.55. The fraction of sp³-hybridized carbons (Fsp3) is 0.176. The van der Waals surface area contributed by atoms with Gasteiger partial charge in [-0.05, 0) is 23.8 Å². The summed E-state index contributed by atoms with van der Waals surface area (Å²) in [5.41, 5.74) is 1.17. The molecule has 2 nitrogen and oxygen atoms in total. The normalized spacial score (nSPS) is 19.8. The van der Waals surface area contributed by atoms with E-state index >= 15 is 0 Å². The highest BCUT2D eigenvalue weighted by molar-refractivity contribution is 8.03. The van der Waals surface area contributed by atoms with E-state index in [9.17, 15) is 0 Å². The van der Waals surface area contributed by atoms with Gasteiger partial charge in [-0.15, -0.1) is 0 Å². The van der Waals surface area contributed by atoms with E-state index in [1.165, 1.54) is 5.56 Å². The van der Waals surface area contributed by atoms with Crippen molar-refractivity contribution in [1.82, 2.24) is 0 Å². The quantitative estimate of drug-likeness (QED) is 0.838. The SMILES string of the molecule is C(=C1OC(COc2ccccc2)CS1)c1ccccc1. The number of benzene rings is 2. The molecule has 1 atom stereocenters. The summed E-state index contributed by atoms with van der Waals surface area (Å²) in [6.45, 7) is 0.586. The molecule has 3 rings (SSSR count). The number of hydrogen-bond donors (Lipinski definition) is 0. The topological polar surface area (TPSA) is 18.5 Å². The fourth-order valence-electron chi connectivity index (χ4n) is 1.96. The monoisotopic (exact) mass is 284 g/mol. The second kappa shape index (κ2) is 6.53. The van der Waals surface area contributed by atoms with E-state index < -0.39 is 0 Å². The molecule has 1 saturated heterocycles. The van der Waals surface area contributed by atoms with Crippen molar-refractivity contribution in [3.63, 3.8) is 0 Å². The zero-order valence-corrected chi connectivity index (χ0v) is 11.9. The van der Waals surface area contributed by atoms with Gasteiger partial charge in [-0.25, -0.2) is 0 Å². The highest BCUT2D eigenvalue weighted by Gasteiger charge is 2.22. The van der Waals surface area contributed by atoms with Crippen molar-refractivity contribution in [3.8, 4) is 5.75 Å². The van der Waals surface area contributed by atoms with Crippen molar-refractivity contribution >= 4 is 17.8 Å². The van der Waals surface area contributed by atoms with Crippen LogP contribution in [-0.4, -0.2) is 18.5 Å². The smallest absolute Gasteiger partial charge is 0.154 e. The third-order valence-corrected chi connectivity index (χ3v) is 3.99. The third kappa shape index (κ3) is 3.58. The van der Waals surface area contributed by atoms with Crippen molar-refractivity contribution in [3.05, 3.63) is 71.3 Å². The molecule has 20 heavy (non-hydrogen) atoms. The summed E-state index contributed by atoms with van der Waals surface area (Å²) in [7, 11) is 0. The summed E-state index contributed by atoms with van der Waals surface area (Å²) >= 11 is 1.74. The van der Waals surface area contributed by atoms with Crippen molar-refractivity contribution in [2.24, 2.45) is 0 Å². The van der Waals surface area contributed by atoms with Crippen molar-refractivity contribution in [1.29, 1.82) is 0 Å². The summed E-state index contributed by atoms with van der Waals surface area (Å²) < 4.78 is 11.6. The number of hydrogen-bond acceptors (Lipinski definition) is 3. The Hall–Kier alpha value is -1.87. The minimum atomic E-state index is 0.121. The first-order valence-corrected chi connectivity index (χ1v) is 7.63. The molecule has 0 N–H and O–H groups in total. The summed E-state index contributed by atoms with van der Waals surface area (Å²) in [6, 6.07) is 20.1. The van der Waals surface area contributed by atoms with Gasteiger partial charge in [0, 0.05) is 5.75 Å². The van der Waals surface area contributed by atoms with Crippen LogP contribution >= 0.6 is 11.8 Å². The standard InChI is InChI=1S/C17H16O2S/c1-3-7-14(8-4-1)11-17-19-16(13-20-17)12-18-15-9-5-2-6-10-15/h1-11,16H,12-13H2. The molecule has 2 aromatic rings. The zero-order valence-electron chi connectivity index (χ0n) is 11.1. The van der Waals surface area contributed by atoms with E-state index in [1.807, 2.05) is 48.5 Å². The van der Waals surface area contributed by atoms with E-state index in [0.717, 1.165) is 16.6 Å². The third-order valence-electron chi connectivity index (χ3n) is 2.96. The van der Waals surface area contributed by atoms with Gasteiger partial charge in [0.1, 0.15) is 18.5 Å². The lowest BCUT2D eigenvalue weighted by Gasteiger charge is -2.11. The van der Waals surface area contributed by atoms with Crippen LogP contribution in [0.15, 0.2) is 65.8 Å². The molecular formula is C17H16O2S. The van der Waals surface area contributed by atoms with Crippen molar-refractivity contribution in [2.75, 3.05) is 12.4 Å². The molecule has 1 unspecified atom stereocenters. The van der Waals surface area contributed by atoms with Gasteiger partial charge in [0.25, 0.3) is 0 Å². The summed E-state index contributed by atoms with van der Waals surface area (Å²) in [5, 5.41) is 0.970. The van der Waals surface area contributed by atoms with Crippen LogP contribution in [0.3, 0.4) is 0 Å². The predicted molar refractivity (Wildman–Crippen MR) is 83.7 cm³/mol. The highest BCUT2D eigenvalue weighted by atomic mass is 32.2. The maximum Gasteiger partial charge on any atom is 0.154 e. The van der Waals surface area contributed by atoms with Crippen LogP contribution in [0.2, 0.25) is 0 Å². The molecular weight excluding hydrogens is 268 g/mol. The van der Waals surface area contributed by atoms with Gasteiger partial charge in [0.2, 0.25) is 0 Å². The Morgan fingerprint density at radius 2 is 1.75 bits per heavy atom. The minimum absolute atomic E-state index is 0.121. The molecule has 0 amide bonds. The molecule has 1 aliphatic rings. The summed E-state index contributed by atoms with van der Waals surface area (Å²) in [4.78, 5) is 0. The molecule has 1 fully saturated rings. The lowest BCUT2D eigenvalue weighted by molar-refractivity contribution is 0.111. The Kier molecular flexibility index (Phi) is 4.28.